The Labute approximate surface area is 240 Å². The Kier molecular flexibility index (Phi) is 7.84. The molecule has 0 aliphatic carbocycles. The maximum absolute atomic E-state index is 12.4. The molecule has 0 aliphatic heterocycles. The largest absolute Gasteiger partial charge is 0.457 e. The predicted molar refractivity (Wildman–Crippen MR) is 161 cm³/mol. The van der Waals surface area contributed by atoms with E-state index in [0.29, 0.717) is 39.1 Å². The van der Waals surface area contributed by atoms with E-state index in [1.807, 2.05) is 30.3 Å². The molecule has 196 valence electrons. The first kappa shape index (κ1) is 26.7. The number of oxazole rings is 1. The molecule has 5 aromatic rings. The van der Waals surface area contributed by atoms with Gasteiger partial charge in [-0.1, -0.05) is 43.1 Å². The summed E-state index contributed by atoms with van der Waals surface area (Å²) in [5.41, 5.74) is 5.07. The van der Waals surface area contributed by atoms with E-state index >= 15 is 0 Å². The molecule has 0 bridgehead atoms. The molecule has 6 nitrogen and oxygen atoms in total. The van der Waals surface area contributed by atoms with Gasteiger partial charge in [-0.3, -0.25) is 10.1 Å². The molecule has 0 saturated carbocycles. The van der Waals surface area contributed by atoms with Crippen LogP contribution in [0.5, 0.6) is 0 Å². The Morgan fingerprint density at radius 1 is 0.923 bits per heavy atom. The maximum Gasteiger partial charge on any atom is 0.250 e. The van der Waals surface area contributed by atoms with E-state index in [-0.39, 0.29) is 5.11 Å². The number of furan rings is 1. The lowest BCUT2D eigenvalue weighted by Crippen LogP contribution is -2.32. The third-order valence-corrected chi connectivity index (χ3v) is 6.52. The molecule has 39 heavy (non-hydrogen) atoms. The first-order valence-electron chi connectivity index (χ1n) is 12.1. The zero-order valence-corrected chi connectivity index (χ0v) is 23.3. The summed E-state index contributed by atoms with van der Waals surface area (Å²) in [5.74, 6) is 1.62. The fourth-order valence-electron chi connectivity index (χ4n) is 3.89. The topological polar surface area (TPSA) is 80.3 Å². The Balaban J connectivity index is 1.17. The summed E-state index contributed by atoms with van der Waals surface area (Å²) in [6, 6.07) is 22.2. The van der Waals surface area contributed by atoms with Gasteiger partial charge in [-0.15, -0.1) is 0 Å². The lowest BCUT2D eigenvalue weighted by atomic mass is 10.0. The number of hydrogen-bond acceptors (Lipinski definition) is 5. The van der Waals surface area contributed by atoms with Crippen LogP contribution in [0.1, 0.15) is 31.1 Å². The number of rotatable bonds is 6. The van der Waals surface area contributed by atoms with Gasteiger partial charge in [0, 0.05) is 32.9 Å². The summed E-state index contributed by atoms with van der Waals surface area (Å²) in [6.07, 6.45) is 2.88. The summed E-state index contributed by atoms with van der Waals surface area (Å²) in [5, 5.41) is 6.79. The van der Waals surface area contributed by atoms with Crippen LogP contribution in [0.4, 0.5) is 5.69 Å². The Bertz CT molecular complexity index is 1680. The number of amides is 1. The van der Waals surface area contributed by atoms with E-state index in [0.717, 1.165) is 22.2 Å². The molecule has 3 aromatic carbocycles. The molecule has 1 amide bonds. The molecule has 0 radical (unpaired) electrons. The van der Waals surface area contributed by atoms with Crippen molar-refractivity contribution in [2.75, 3.05) is 5.32 Å². The van der Waals surface area contributed by atoms with Crippen molar-refractivity contribution in [1.29, 1.82) is 0 Å². The standard InChI is InChI=1S/C30H23Cl2N3O3S/c1-17(2)19-5-10-27-25(15-19)34-29(38-27)18-3-6-23(7-4-18)33-30(39)35-28(36)12-9-24-8-11-26(37-24)20-13-21(31)16-22(32)14-20/h3-17H,1-2H3,(H2,33,35,36,39)/b12-9+. The van der Waals surface area contributed by atoms with Crippen LogP contribution in [0, 0.1) is 0 Å². The molecule has 0 saturated heterocycles. The number of carbonyl (C=O) groups is 1. The van der Waals surface area contributed by atoms with Gasteiger partial charge in [0.25, 0.3) is 0 Å². The summed E-state index contributed by atoms with van der Waals surface area (Å²) < 4.78 is 11.7. The molecule has 0 unspecified atom stereocenters. The highest BCUT2D eigenvalue weighted by molar-refractivity contribution is 7.80. The van der Waals surface area contributed by atoms with Crippen molar-refractivity contribution in [3.63, 3.8) is 0 Å². The lowest BCUT2D eigenvalue weighted by molar-refractivity contribution is -0.115. The van der Waals surface area contributed by atoms with E-state index in [9.17, 15) is 4.79 Å². The quantitative estimate of drug-likeness (QED) is 0.156. The molecule has 2 aromatic heterocycles. The van der Waals surface area contributed by atoms with Crippen LogP contribution in [0.25, 0.3) is 40.0 Å². The van der Waals surface area contributed by atoms with Gasteiger partial charge >= 0.3 is 0 Å². The SMILES string of the molecule is CC(C)c1ccc2oc(-c3ccc(NC(=S)NC(=O)/C=C/c4ccc(-c5cc(Cl)cc(Cl)c5)o4)cc3)nc2c1. The van der Waals surface area contributed by atoms with Crippen LogP contribution >= 0.6 is 35.4 Å². The van der Waals surface area contributed by atoms with Gasteiger partial charge in [-0.05, 0) is 96.5 Å². The van der Waals surface area contributed by atoms with E-state index in [1.54, 1.807) is 36.4 Å². The summed E-state index contributed by atoms with van der Waals surface area (Å²) in [6.45, 7) is 4.29. The Hall–Kier alpha value is -3.91. The van der Waals surface area contributed by atoms with Crippen molar-refractivity contribution in [1.82, 2.24) is 10.3 Å². The van der Waals surface area contributed by atoms with Gasteiger partial charge in [0.15, 0.2) is 10.7 Å². The number of hydrogen-bond donors (Lipinski definition) is 2. The predicted octanol–water partition coefficient (Wildman–Crippen LogP) is 8.71. The van der Waals surface area contributed by atoms with Crippen molar-refractivity contribution in [2.24, 2.45) is 0 Å². The highest BCUT2D eigenvalue weighted by atomic mass is 35.5. The van der Waals surface area contributed by atoms with Crippen LogP contribution in [-0.2, 0) is 4.79 Å². The Morgan fingerprint density at radius 3 is 2.38 bits per heavy atom. The van der Waals surface area contributed by atoms with E-state index in [2.05, 4.69) is 41.6 Å². The number of nitrogens with zero attached hydrogens (tertiary/aromatic N) is 1. The molecule has 9 heteroatoms. The van der Waals surface area contributed by atoms with Crippen molar-refractivity contribution in [2.45, 2.75) is 19.8 Å². The molecular formula is C30H23Cl2N3O3S. The van der Waals surface area contributed by atoms with Crippen LogP contribution in [0.2, 0.25) is 10.0 Å². The molecule has 2 heterocycles. The summed E-state index contributed by atoms with van der Waals surface area (Å²) >= 11 is 17.4. The number of anilines is 1. The maximum atomic E-state index is 12.4. The number of carbonyl (C=O) groups excluding carboxylic acids is 1. The fraction of sp³-hybridized carbons (Fsp3) is 0.100. The number of aromatic nitrogens is 1. The lowest BCUT2D eigenvalue weighted by Gasteiger charge is -2.08. The third-order valence-electron chi connectivity index (χ3n) is 5.88. The highest BCUT2D eigenvalue weighted by Gasteiger charge is 2.11. The van der Waals surface area contributed by atoms with E-state index < -0.39 is 5.91 Å². The van der Waals surface area contributed by atoms with Crippen LogP contribution in [-0.4, -0.2) is 16.0 Å². The van der Waals surface area contributed by atoms with Gasteiger partial charge < -0.3 is 14.2 Å². The molecule has 5 rings (SSSR count). The van der Waals surface area contributed by atoms with Crippen molar-refractivity contribution < 1.29 is 13.6 Å². The zero-order valence-electron chi connectivity index (χ0n) is 21.0. The molecule has 0 spiro atoms. The second-order valence-corrected chi connectivity index (χ2v) is 10.4. The zero-order chi connectivity index (χ0) is 27.5. The van der Waals surface area contributed by atoms with Crippen LogP contribution in [0.3, 0.4) is 0 Å². The summed E-state index contributed by atoms with van der Waals surface area (Å²) in [7, 11) is 0. The average Bonchev–Trinajstić information content (AvgIpc) is 3.54. The minimum atomic E-state index is -0.403. The number of thiocarbonyl (C=S) groups is 1. The number of fused-ring (bicyclic) bond motifs is 1. The Morgan fingerprint density at radius 2 is 1.67 bits per heavy atom. The number of halogens is 2. The van der Waals surface area contributed by atoms with Crippen LogP contribution < -0.4 is 10.6 Å². The second-order valence-electron chi connectivity index (χ2n) is 9.12. The number of nitrogens with one attached hydrogen (secondary N) is 2. The minimum Gasteiger partial charge on any atom is -0.457 e. The molecule has 0 aliphatic rings. The van der Waals surface area contributed by atoms with Gasteiger partial charge in [0.1, 0.15) is 17.0 Å². The summed E-state index contributed by atoms with van der Waals surface area (Å²) in [4.78, 5) is 17.0. The van der Waals surface area contributed by atoms with Crippen molar-refractivity contribution in [3.05, 3.63) is 100 Å². The van der Waals surface area contributed by atoms with Gasteiger partial charge in [0.2, 0.25) is 11.8 Å². The monoisotopic (exact) mass is 575 g/mol. The van der Waals surface area contributed by atoms with E-state index in [4.69, 9.17) is 44.3 Å². The smallest absolute Gasteiger partial charge is 0.250 e. The number of benzene rings is 3. The third kappa shape index (κ3) is 6.57. The van der Waals surface area contributed by atoms with Crippen molar-refractivity contribution >= 4 is 69.3 Å². The van der Waals surface area contributed by atoms with Gasteiger partial charge in [-0.2, -0.15) is 0 Å². The first-order chi connectivity index (χ1) is 18.7. The molecule has 0 fully saturated rings. The van der Waals surface area contributed by atoms with Gasteiger partial charge in [-0.25, -0.2) is 4.98 Å². The average molecular weight is 577 g/mol. The highest BCUT2D eigenvalue weighted by Crippen LogP contribution is 2.29. The minimum absolute atomic E-state index is 0.161. The van der Waals surface area contributed by atoms with E-state index in [1.165, 1.54) is 11.6 Å². The molecular weight excluding hydrogens is 553 g/mol. The first-order valence-corrected chi connectivity index (χ1v) is 13.3. The fourth-order valence-corrected chi connectivity index (χ4v) is 4.64. The second kappa shape index (κ2) is 11.5. The molecule has 0 atom stereocenters. The van der Waals surface area contributed by atoms with Gasteiger partial charge in [0.05, 0.1) is 0 Å². The van der Waals surface area contributed by atoms with Crippen LogP contribution in [0.15, 0.2) is 87.7 Å². The molecule has 2 N–H and O–H groups in total. The normalized spacial score (nSPS) is 11.4. The van der Waals surface area contributed by atoms with Crippen molar-refractivity contribution in [3.8, 4) is 22.8 Å².